The van der Waals surface area contributed by atoms with Gasteiger partial charge in [-0.2, -0.15) is 0 Å². The lowest BCUT2D eigenvalue weighted by molar-refractivity contribution is -0.154. The molecule has 2 aliphatic heterocycles. The maximum absolute atomic E-state index is 13.6. The Labute approximate surface area is 120 Å². The van der Waals surface area contributed by atoms with Crippen LogP contribution in [0, 0.1) is 12.7 Å². The number of aliphatic hydroxyl groups excluding tert-OH is 2. The van der Waals surface area contributed by atoms with Gasteiger partial charge in [-0.3, -0.25) is 14.9 Å². The molecular formula is C14H15FN2O4. The predicted molar refractivity (Wildman–Crippen MR) is 69.1 cm³/mol. The SMILES string of the molecule is Cc1cc2c(cc1F)C(O)N([C@@H]1CCC(=O)NC1=O)C2O. The molecule has 3 N–H and O–H groups in total. The van der Waals surface area contributed by atoms with Crippen molar-refractivity contribution in [3.8, 4) is 0 Å². The summed E-state index contributed by atoms with van der Waals surface area (Å²) in [7, 11) is 0. The molecule has 2 heterocycles. The summed E-state index contributed by atoms with van der Waals surface area (Å²) in [5, 5.41) is 22.8. The fourth-order valence-electron chi connectivity index (χ4n) is 2.93. The molecule has 3 rings (SSSR count). The van der Waals surface area contributed by atoms with E-state index in [0.717, 1.165) is 0 Å². The van der Waals surface area contributed by atoms with Crippen molar-refractivity contribution in [2.45, 2.75) is 38.3 Å². The molecule has 0 saturated carbocycles. The van der Waals surface area contributed by atoms with Crippen molar-refractivity contribution in [2.24, 2.45) is 0 Å². The third kappa shape index (κ3) is 2.14. The van der Waals surface area contributed by atoms with Crippen LogP contribution in [0.15, 0.2) is 12.1 Å². The monoisotopic (exact) mass is 294 g/mol. The Morgan fingerprint density at radius 1 is 1.24 bits per heavy atom. The summed E-state index contributed by atoms with van der Waals surface area (Å²) in [6.07, 6.45) is -2.16. The van der Waals surface area contributed by atoms with Gasteiger partial charge in [-0.1, -0.05) is 0 Å². The number of aryl methyl sites for hydroxylation is 1. The molecule has 2 amide bonds. The van der Waals surface area contributed by atoms with Crippen LogP contribution in [-0.2, 0) is 9.59 Å². The second-order valence-corrected chi connectivity index (χ2v) is 5.39. The van der Waals surface area contributed by atoms with Crippen LogP contribution in [-0.4, -0.2) is 33.0 Å². The van der Waals surface area contributed by atoms with Crippen molar-refractivity contribution in [1.82, 2.24) is 10.2 Å². The molecule has 7 heteroatoms. The van der Waals surface area contributed by atoms with Gasteiger partial charge in [-0.25, -0.2) is 9.29 Å². The number of carbonyl (C=O) groups excluding carboxylic acids is 2. The summed E-state index contributed by atoms with van der Waals surface area (Å²) >= 11 is 0. The molecule has 0 spiro atoms. The number of hydrogen-bond acceptors (Lipinski definition) is 5. The van der Waals surface area contributed by atoms with Crippen LogP contribution in [0.3, 0.4) is 0 Å². The molecule has 1 aromatic rings. The van der Waals surface area contributed by atoms with Gasteiger partial charge in [0.05, 0.1) is 6.04 Å². The lowest BCUT2D eigenvalue weighted by Crippen LogP contribution is -2.52. The minimum atomic E-state index is -1.28. The van der Waals surface area contributed by atoms with Crippen LogP contribution in [0.25, 0.3) is 0 Å². The van der Waals surface area contributed by atoms with E-state index < -0.39 is 30.2 Å². The Bertz CT molecular complexity index is 599. The van der Waals surface area contributed by atoms with Gasteiger partial charge in [0.15, 0.2) is 0 Å². The van der Waals surface area contributed by atoms with E-state index in [0.29, 0.717) is 11.1 Å². The standard InChI is InChI=1S/C14H15FN2O4/c1-6-4-7-8(5-9(6)15)14(21)17(13(7)20)10-2-3-11(18)16-12(10)19/h4-5,10,13-14,20-21H,2-3H2,1H3,(H,16,18,19)/t10-,13?,14?/m1/s1. The van der Waals surface area contributed by atoms with Gasteiger partial charge in [0, 0.05) is 17.5 Å². The topological polar surface area (TPSA) is 89.9 Å². The number of fused-ring (bicyclic) bond motifs is 1. The molecule has 112 valence electrons. The lowest BCUT2D eigenvalue weighted by atomic mass is 10.0. The van der Waals surface area contributed by atoms with Crippen molar-refractivity contribution in [3.05, 3.63) is 34.6 Å². The van der Waals surface area contributed by atoms with E-state index in [4.69, 9.17) is 0 Å². The fourth-order valence-corrected chi connectivity index (χ4v) is 2.93. The van der Waals surface area contributed by atoms with E-state index in [-0.39, 0.29) is 24.3 Å². The van der Waals surface area contributed by atoms with Gasteiger partial charge >= 0.3 is 0 Å². The number of rotatable bonds is 1. The number of imide groups is 1. The molecule has 0 bridgehead atoms. The highest BCUT2D eigenvalue weighted by molar-refractivity contribution is 6.00. The second kappa shape index (κ2) is 4.87. The summed E-state index contributed by atoms with van der Waals surface area (Å²) in [6.45, 7) is 1.56. The number of piperidine rings is 1. The lowest BCUT2D eigenvalue weighted by Gasteiger charge is -2.33. The molecule has 1 saturated heterocycles. The molecule has 21 heavy (non-hydrogen) atoms. The van der Waals surface area contributed by atoms with Crippen molar-refractivity contribution in [2.75, 3.05) is 0 Å². The first-order valence-electron chi connectivity index (χ1n) is 6.67. The van der Waals surface area contributed by atoms with E-state index in [1.54, 1.807) is 6.92 Å². The summed E-state index contributed by atoms with van der Waals surface area (Å²) < 4.78 is 13.6. The van der Waals surface area contributed by atoms with Gasteiger partial charge in [-0.05, 0) is 31.0 Å². The Morgan fingerprint density at radius 3 is 2.48 bits per heavy atom. The predicted octanol–water partition coefficient (Wildman–Crippen LogP) is 0.237. The van der Waals surface area contributed by atoms with E-state index in [2.05, 4.69) is 5.32 Å². The quantitative estimate of drug-likeness (QED) is 0.645. The van der Waals surface area contributed by atoms with Crippen LogP contribution in [0.4, 0.5) is 4.39 Å². The van der Waals surface area contributed by atoms with Crippen LogP contribution in [0.1, 0.15) is 42.0 Å². The molecule has 2 aliphatic rings. The average Bonchev–Trinajstić information content (AvgIpc) is 2.64. The Hall–Kier alpha value is -1.83. The number of amides is 2. The molecule has 1 aromatic carbocycles. The number of benzene rings is 1. The number of hydrogen-bond donors (Lipinski definition) is 3. The molecule has 1 fully saturated rings. The summed E-state index contributed by atoms with van der Waals surface area (Å²) in [6, 6.07) is 1.80. The van der Waals surface area contributed by atoms with Gasteiger partial charge in [0.25, 0.3) is 0 Å². The number of halogens is 1. The molecule has 0 radical (unpaired) electrons. The molecular weight excluding hydrogens is 279 g/mol. The van der Waals surface area contributed by atoms with Crippen LogP contribution < -0.4 is 5.32 Å². The highest BCUT2D eigenvalue weighted by Crippen LogP contribution is 2.42. The highest BCUT2D eigenvalue weighted by atomic mass is 19.1. The van der Waals surface area contributed by atoms with E-state index in [1.807, 2.05) is 0 Å². The summed E-state index contributed by atoms with van der Waals surface area (Å²) in [5.41, 5.74) is 0.978. The third-order valence-electron chi connectivity index (χ3n) is 4.06. The van der Waals surface area contributed by atoms with Crippen LogP contribution >= 0.6 is 0 Å². The fraction of sp³-hybridized carbons (Fsp3) is 0.429. The Balaban J connectivity index is 1.96. The minimum absolute atomic E-state index is 0.135. The smallest absolute Gasteiger partial charge is 0.244 e. The number of carbonyl (C=O) groups is 2. The third-order valence-corrected chi connectivity index (χ3v) is 4.06. The van der Waals surface area contributed by atoms with Crippen LogP contribution in [0.5, 0.6) is 0 Å². The van der Waals surface area contributed by atoms with Crippen molar-refractivity contribution in [1.29, 1.82) is 0 Å². The highest BCUT2D eigenvalue weighted by Gasteiger charge is 2.45. The normalized spacial score (nSPS) is 29.4. The van der Waals surface area contributed by atoms with Gasteiger partial charge < -0.3 is 10.2 Å². The van der Waals surface area contributed by atoms with E-state index in [9.17, 15) is 24.2 Å². The van der Waals surface area contributed by atoms with Gasteiger partial charge in [0.2, 0.25) is 11.8 Å². The second-order valence-electron chi connectivity index (χ2n) is 5.39. The van der Waals surface area contributed by atoms with Gasteiger partial charge in [-0.15, -0.1) is 0 Å². The summed E-state index contributed by atoms with van der Waals surface area (Å²) in [4.78, 5) is 24.3. The first-order valence-corrected chi connectivity index (χ1v) is 6.67. The average molecular weight is 294 g/mol. The first-order chi connectivity index (χ1) is 9.90. The van der Waals surface area contributed by atoms with Crippen LogP contribution in [0.2, 0.25) is 0 Å². The van der Waals surface area contributed by atoms with E-state index in [1.165, 1.54) is 17.0 Å². The molecule has 6 nitrogen and oxygen atoms in total. The zero-order valence-electron chi connectivity index (χ0n) is 11.3. The largest absolute Gasteiger partial charge is 0.374 e. The zero-order chi connectivity index (χ0) is 15.3. The Kier molecular flexibility index (Phi) is 3.27. The first kappa shape index (κ1) is 14.1. The number of nitrogens with zero attached hydrogens (tertiary/aromatic N) is 1. The minimum Gasteiger partial charge on any atom is -0.374 e. The number of nitrogens with one attached hydrogen (secondary N) is 1. The summed E-state index contributed by atoms with van der Waals surface area (Å²) in [5.74, 6) is -1.42. The maximum atomic E-state index is 13.6. The van der Waals surface area contributed by atoms with E-state index >= 15 is 0 Å². The Morgan fingerprint density at radius 2 is 1.86 bits per heavy atom. The maximum Gasteiger partial charge on any atom is 0.244 e. The van der Waals surface area contributed by atoms with Crippen molar-refractivity contribution >= 4 is 11.8 Å². The van der Waals surface area contributed by atoms with Crippen molar-refractivity contribution < 1.29 is 24.2 Å². The molecule has 0 aromatic heterocycles. The number of aliphatic hydroxyl groups is 2. The zero-order valence-corrected chi connectivity index (χ0v) is 11.3. The van der Waals surface area contributed by atoms with Gasteiger partial charge in [0.1, 0.15) is 18.3 Å². The molecule has 2 unspecified atom stereocenters. The molecule has 3 atom stereocenters. The van der Waals surface area contributed by atoms with Crippen molar-refractivity contribution in [3.63, 3.8) is 0 Å². The molecule has 0 aliphatic carbocycles.